The highest BCUT2D eigenvalue weighted by Crippen LogP contribution is 2.43. The zero-order valence-corrected chi connectivity index (χ0v) is 17.1. The zero-order chi connectivity index (χ0) is 19.7. The van der Waals surface area contributed by atoms with E-state index < -0.39 is 0 Å². The molecule has 1 aromatic rings. The van der Waals surface area contributed by atoms with E-state index in [1.165, 1.54) is 12.0 Å². The van der Waals surface area contributed by atoms with Gasteiger partial charge in [0.05, 0.1) is 0 Å². The Bertz CT molecular complexity index is 651. The number of ether oxygens (including phenoxy) is 1. The standard InChI is InChI=1S/C25H34O2/c1-5-6-7-8-9-13-16-24(26)27-23-19-20(2)17-18-22(23)25(3,4)21-14-11-10-12-15-21/h1,10-16,20,22-23H,6-9,17-19H2,2-4H3/b16-13+/t20-,22-,23-/m1/s1. The summed E-state index contributed by atoms with van der Waals surface area (Å²) in [6.45, 7) is 6.82. The van der Waals surface area contributed by atoms with E-state index in [4.69, 9.17) is 11.2 Å². The first kappa shape index (κ1) is 21.3. The van der Waals surface area contributed by atoms with Gasteiger partial charge in [-0.25, -0.2) is 4.79 Å². The molecular formula is C25H34O2. The van der Waals surface area contributed by atoms with Crippen molar-refractivity contribution in [2.45, 2.75) is 77.2 Å². The smallest absolute Gasteiger partial charge is 0.330 e. The van der Waals surface area contributed by atoms with Crippen molar-refractivity contribution in [3.8, 4) is 12.3 Å². The van der Waals surface area contributed by atoms with Gasteiger partial charge < -0.3 is 4.74 Å². The molecule has 0 aromatic heterocycles. The SMILES string of the molecule is C#CCCCC/C=C/C(=O)O[C@@H]1C[C@H](C)CC[C@H]1C(C)(C)c1ccccc1. The molecule has 1 saturated carbocycles. The Kier molecular flexibility index (Phi) is 8.17. The largest absolute Gasteiger partial charge is 0.459 e. The van der Waals surface area contributed by atoms with E-state index in [1.54, 1.807) is 6.08 Å². The number of carbonyl (C=O) groups excluding carboxylic acids is 1. The lowest BCUT2D eigenvalue weighted by atomic mass is 9.64. The Morgan fingerprint density at radius 3 is 2.70 bits per heavy atom. The van der Waals surface area contributed by atoms with E-state index in [9.17, 15) is 4.79 Å². The van der Waals surface area contributed by atoms with Gasteiger partial charge in [-0.05, 0) is 49.0 Å². The van der Waals surface area contributed by atoms with Crippen LogP contribution in [-0.4, -0.2) is 12.1 Å². The van der Waals surface area contributed by atoms with Crippen LogP contribution in [0.25, 0.3) is 0 Å². The molecule has 27 heavy (non-hydrogen) atoms. The predicted octanol–water partition coefficient (Wildman–Crippen LogP) is 6.06. The molecule has 1 aliphatic carbocycles. The van der Waals surface area contributed by atoms with Crippen molar-refractivity contribution in [3.05, 3.63) is 48.0 Å². The third-order valence-corrected chi connectivity index (χ3v) is 5.96. The fourth-order valence-corrected chi connectivity index (χ4v) is 4.22. The van der Waals surface area contributed by atoms with Crippen LogP contribution in [0.3, 0.4) is 0 Å². The molecular weight excluding hydrogens is 332 g/mol. The van der Waals surface area contributed by atoms with Gasteiger partial charge in [-0.2, -0.15) is 0 Å². The third-order valence-electron chi connectivity index (χ3n) is 5.96. The molecule has 1 aromatic carbocycles. The van der Waals surface area contributed by atoms with Crippen LogP contribution < -0.4 is 0 Å². The summed E-state index contributed by atoms with van der Waals surface area (Å²) in [6, 6.07) is 10.6. The minimum absolute atomic E-state index is 0.0225. The second-order valence-electron chi connectivity index (χ2n) is 8.44. The minimum atomic E-state index is -0.208. The number of unbranched alkanes of at least 4 members (excludes halogenated alkanes) is 3. The monoisotopic (exact) mass is 366 g/mol. The van der Waals surface area contributed by atoms with E-state index >= 15 is 0 Å². The van der Waals surface area contributed by atoms with Gasteiger partial charge in [-0.15, -0.1) is 12.3 Å². The number of allylic oxidation sites excluding steroid dienone is 1. The lowest BCUT2D eigenvalue weighted by molar-refractivity contribution is -0.150. The van der Waals surface area contributed by atoms with Crippen molar-refractivity contribution in [1.82, 2.24) is 0 Å². The Morgan fingerprint density at radius 1 is 1.26 bits per heavy atom. The van der Waals surface area contributed by atoms with Crippen LogP contribution in [0.5, 0.6) is 0 Å². The van der Waals surface area contributed by atoms with Crippen LogP contribution in [0, 0.1) is 24.2 Å². The van der Waals surface area contributed by atoms with Crippen molar-refractivity contribution in [3.63, 3.8) is 0 Å². The number of terminal acetylenes is 1. The van der Waals surface area contributed by atoms with Gasteiger partial charge in [-0.1, -0.05) is 63.6 Å². The molecule has 0 N–H and O–H groups in total. The quantitative estimate of drug-likeness (QED) is 0.242. The first-order valence-electron chi connectivity index (χ1n) is 10.3. The summed E-state index contributed by atoms with van der Waals surface area (Å²) in [6.07, 6.45) is 15.7. The molecule has 3 atom stereocenters. The zero-order valence-electron chi connectivity index (χ0n) is 17.1. The van der Waals surface area contributed by atoms with E-state index in [2.05, 4.69) is 57.0 Å². The molecule has 0 spiro atoms. The van der Waals surface area contributed by atoms with Gasteiger partial charge in [0.15, 0.2) is 0 Å². The maximum atomic E-state index is 12.4. The van der Waals surface area contributed by atoms with E-state index in [0.29, 0.717) is 11.8 Å². The maximum Gasteiger partial charge on any atom is 0.330 e. The van der Waals surface area contributed by atoms with Crippen molar-refractivity contribution in [2.75, 3.05) is 0 Å². The summed E-state index contributed by atoms with van der Waals surface area (Å²) >= 11 is 0. The van der Waals surface area contributed by atoms with Gasteiger partial charge in [0.2, 0.25) is 0 Å². The molecule has 2 heteroatoms. The highest BCUT2D eigenvalue weighted by Gasteiger charge is 2.41. The van der Waals surface area contributed by atoms with E-state index in [-0.39, 0.29) is 17.5 Å². The van der Waals surface area contributed by atoms with Gasteiger partial charge >= 0.3 is 5.97 Å². The van der Waals surface area contributed by atoms with Crippen molar-refractivity contribution in [1.29, 1.82) is 0 Å². The lowest BCUT2D eigenvalue weighted by Gasteiger charge is -2.43. The number of hydrogen-bond acceptors (Lipinski definition) is 2. The van der Waals surface area contributed by atoms with Gasteiger partial charge in [0.1, 0.15) is 6.10 Å². The summed E-state index contributed by atoms with van der Waals surface area (Å²) in [5.41, 5.74) is 1.29. The van der Waals surface area contributed by atoms with Crippen LogP contribution in [0.1, 0.15) is 71.3 Å². The van der Waals surface area contributed by atoms with Gasteiger partial charge in [0, 0.05) is 18.4 Å². The average Bonchev–Trinajstić information content (AvgIpc) is 2.65. The van der Waals surface area contributed by atoms with Gasteiger partial charge in [-0.3, -0.25) is 0 Å². The Balaban J connectivity index is 2.00. The minimum Gasteiger partial charge on any atom is -0.459 e. The first-order chi connectivity index (χ1) is 12.9. The van der Waals surface area contributed by atoms with Crippen LogP contribution in [0.15, 0.2) is 42.5 Å². The molecule has 2 nitrogen and oxygen atoms in total. The summed E-state index contributed by atoms with van der Waals surface area (Å²) in [5, 5.41) is 0. The molecule has 0 heterocycles. The van der Waals surface area contributed by atoms with Crippen LogP contribution in [0.4, 0.5) is 0 Å². The molecule has 0 unspecified atom stereocenters. The fraction of sp³-hybridized carbons (Fsp3) is 0.560. The van der Waals surface area contributed by atoms with Crippen LogP contribution in [-0.2, 0) is 14.9 Å². The molecule has 1 aliphatic rings. The summed E-state index contributed by atoms with van der Waals surface area (Å²) < 4.78 is 5.95. The topological polar surface area (TPSA) is 26.3 Å². The number of esters is 1. The van der Waals surface area contributed by atoms with Crippen molar-refractivity contribution < 1.29 is 9.53 Å². The molecule has 0 bridgehead atoms. The molecule has 0 radical (unpaired) electrons. The average molecular weight is 367 g/mol. The first-order valence-corrected chi connectivity index (χ1v) is 10.3. The van der Waals surface area contributed by atoms with Crippen molar-refractivity contribution >= 4 is 5.97 Å². The maximum absolute atomic E-state index is 12.4. The molecule has 0 amide bonds. The molecule has 146 valence electrons. The third kappa shape index (κ3) is 6.28. The molecule has 0 aliphatic heterocycles. The van der Waals surface area contributed by atoms with E-state index in [1.807, 2.05) is 6.08 Å². The number of carbonyl (C=O) groups is 1. The Morgan fingerprint density at radius 2 is 2.00 bits per heavy atom. The second kappa shape index (κ2) is 10.4. The second-order valence-corrected chi connectivity index (χ2v) is 8.44. The molecule has 0 saturated heterocycles. The Hall–Kier alpha value is -2.01. The molecule has 1 fully saturated rings. The number of hydrogen-bond donors (Lipinski definition) is 0. The van der Waals surface area contributed by atoms with Gasteiger partial charge in [0.25, 0.3) is 0 Å². The summed E-state index contributed by atoms with van der Waals surface area (Å²) in [5.74, 6) is 3.37. The normalized spacial score (nSPS) is 23.1. The highest BCUT2D eigenvalue weighted by atomic mass is 16.5. The predicted molar refractivity (Wildman–Crippen MR) is 112 cm³/mol. The number of benzene rings is 1. The Labute approximate surface area is 165 Å². The summed E-state index contributed by atoms with van der Waals surface area (Å²) in [4.78, 5) is 12.4. The van der Waals surface area contributed by atoms with Crippen LogP contribution in [0.2, 0.25) is 0 Å². The highest BCUT2D eigenvalue weighted by molar-refractivity contribution is 5.82. The summed E-state index contributed by atoms with van der Waals surface area (Å²) in [7, 11) is 0. The van der Waals surface area contributed by atoms with Crippen molar-refractivity contribution in [2.24, 2.45) is 11.8 Å². The fourth-order valence-electron chi connectivity index (χ4n) is 4.22. The number of rotatable bonds is 8. The lowest BCUT2D eigenvalue weighted by Crippen LogP contribution is -2.43. The van der Waals surface area contributed by atoms with Crippen LogP contribution >= 0.6 is 0 Å². The van der Waals surface area contributed by atoms with E-state index in [0.717, 1.165) is 38.5 Å². The molecule has 2 rings (SSSR count).